The SMILES string of the molecule is Cc1cc(C)cc(C(=O)N2CCC[C@H](C(=O)Nc3cc(F)ccc3F)C2)c1. The fraction of sp³-hybridized carbons (Fsp3) is 0.333. The lowest BCUT2D eigenvalue weighted by molar-refractivity contribution is -0.121. The number of amides is 2. The van der Waals surface area contributed by atoms with Gasteiger partial charge < -0.3 is 10.2 Å². The zero-order valence-electron chi connectivity index (χ0n) is 15.4. The van der Waals surface area contributed by atoms with Gasteiger partial charge in [-0.3, -0.25) is 9.59 Å². The monoisotopic (exact) mass is 372 g/mol. The van der Waals surface area contributed by atoms with Gasteiger partial charge in [0.1, 0.15) is 11.6 Å². The van der Waals surface area contributed by atoms with Gasteiger partial charge in [-0.25, -0.2) is 8.78 Å². The fourth-order valence-electron chi connectivity index (χ4n) is 3.48. The number of piperidine rings is 1. The number of aryl methyl sites for hydroxylation is 2. The number of anilines is 1. The summed E-state index contributed by atoms with van der Waals surface area (Å²) < 4.78 is 27.0. The minimum atomic E-state index is -0.691. The highest BCUT2D eigenvalue weighted by Crippen LogP contribution is 2.23. The average molecular weight is 372 g/mol. The topological polar surface area (TPSA) is 49.4 Å². The van der Waals surface area contributed by atoms with Crippen molar-refractivity contribution in [1.82, 2.24) is 4.90 Å². The molecule has 2 aromatic carbocycles. The predicted octanol–water partition coefficient (Wildman–Crippen LogP) is 4.07. The van der Waals surface area contributed by atoms with Crippen molar-refractivity contribution < 1.29 is 18.4 Å². The van der Waals surface area contributed by atoms with Gasteiger partial charge in [0.25, 0.3) is 5.91 Å². The van der Waals surface area contributed by atoms with E-state index >= 15 is 0 Å². The minimum absolute atomic E-state index is 0.115. The number of hydrogen-bond donors (Lipinski definition) is 1. The first-order chi connectivity index (χ1) is 12.8. The van der Waals surface area contributed by atoms with Gasteiger partial charge in [-0.15, -0.1) is 0 Å². The van der Waals surface area contributed by atoms with Crippen molar-refractivity contribution in [2.75, 3.05) is 18.4 Å². The number of rotatable bonds is 3. The van der Waals surface area contributed by atoms with Crippen molar-refractivity contribution in [3.8, 4) is 0 Å². The molecule has 2 amide bonds. The first-order valence-corrected chi connectivity index (χ1v) is 8.97. The van der Waals surface area contributed by atoms with Gasteiger partial charge in [0.05, 0.1) is 11.6 Å². The van der Waals surface area contributed by atoms with E-state index in [0.29, 0.717) is 24.9 Å². The van der Waals surface area contributed by atoms with E-state index in [2.05, 4.69) is 5.32 Å². The van der Waals surface area contributed by atoms with Gasteiger partial charge in [-0.1, -0.05) is 17.2 Å². The molecule has 3 rings (SSSR count). The zero-order chi connectivity index (χ0) is 19.6. The molecule has 1 aliphatic rings. The maximum absolute atomic E-state index is 13.8. The molecule has 142 valence electrons. The van der Waals surface area contributed by atoms with E-state index in [1.165, 1.54) is 0 Å². The number of hydrogen-bond acceptors (Lipinski definition) is 2. The summed E-state index contributed by atoms with van der Waals surface area (Å²) in [7, 11) is 0. The van der Waals surface area contributed by atoms with Gasteiger partial charge in [-0.05, 0) is 51.0 Å². The number of benzene rings is 2. The molecule has 27 heavy (non-hydrogen) atoms. The Morgan fingerprint density at radius 3 is 2.48 bits per heavy atom. The van der Waals surface area contributed by atoms with Gasteiger partial charge >= 0.3 is 0 Å². The summed E-state index contributed by atoms with van der Waals surface area (Å²) in [6.45, 7) is 4.70. The van der Waals surface area contributed by atoms with E-state index in [1.807, 2.05) is 32.0 Å². The summed E-state index contributed by atoms with van der Waals surface area (Å²) >= 11 is 0. The van der Waals surface area contributed by atoms with Crippen molar-refractivity contribution in [3.63, 3.8) is 0 Å². The highest BCUT2D eigenvalue weighted by Gasteiger charge is 2.29. The summed E-state index contributed by atoms with van der Waals surface area (Å²) in [6, 6.07) is 8.59. The van der Waals surface area contributed by atoms with E-state index in [0.717, 1.165) is 29.3 Å². The maximum Gasteiger partial charge on any atom is 0.253 e. The van der Waals surface area contributed by atoms with Crippen LogP contribution in [0.15, 0.2) is 36.4 Å². The molecule has 0 aromatic heterocycles. The lowest BCUT2D eigenvalue weighted by atomic mass is 9.96. The number of likely N-dealkylation sites (tertiary alicyclic amines) is 1. The van der Waals surface area contributed by atoms with Crippen molar-refractivity contribution in [3.05, 3.63) is 64.7 Å². The molecule has 6 heteroatoms. The average Bonchev–Trinajstić information content (AvgIpc) is 2.63. The van der Waals surface area contributed by atoms with Crippen molar-refractivity contribution in [1.29, 1.82) is 0 Å². The molecule has 0 spiro atoms. The Morgan fingerprint density at radius 1 is 1.07 bits per heavy atom. The maximum atomic E-state index is 13.8. The first kappa shape index (κ1) is 19.0. The van der Waals surface area contributed by atoms with Crippen LogP contribution >= 0.6 is 0 Å². The lowest BCUT2D eigenvalue weighted by Crippen LogP contribution is -2.43. The second-order valence-corrected chi connectivity index (χ2v) is 7.08. The molecule has 0 aliphatic carbocycles. The van der Waals surface area contributed by atoms with E-state index < -0.39 is 23.5 Å². The summed E-state index contributed by atoms with van der Waals surface area (Å²) in [4.78, 5) is 27.0. The molecule has 0 radical (unpaired) electrons. The molecule has 0 unspecified atom stereocenters. The Kier molecular flexibility index (Phi) is 5.54. The van der Waals surface area contributed by atoms with Gasteiger partial charge in [0.2, 0.25) is 5.91 Å². The summed E-state index contributed by atoms with van der Waals surface area (Å²) in [5.74, 6) is -2.30. The number of nitrogens with one attached hydrogen (secondary N) is 1. The molecule has 1 N–H and O–H groups in total. The van der Waals surface area contributed by atoms with Crippen LogP contribution in [0.2, 0.25) is 0 Å². The minimum Gasteiger partial charge on any atom is -0.338 e. The molecular weight excluding hydrogens is 350 g/mol. The summed E-state index contributed by atoms with van der Waals surface area (Å²) in [6.07, 6.45) is 1.28. The lowest BCUT2D eigenvalue weighted by Gasteiger charge is -2.32. The number of halogens is 2. The van der Waals surface area contributed by atoms with Gasteiger partial charge in [0.15, 0.2) is 0 Å². The zero-order valence-corrected chi connectivity index (χ0v) is 15.4. The Hall–Kier alpha value is -2.76. The second-order valence-electron chi connectivity index (χ2n) is 7.08. The molecule has 1 fully saturated rings. The molecule has 1 heterocycles. The largest absolute Gasteiger partial charge is 0.338 e. The van der Waals surface area contributed by atoms with Crippen LogP contribution in [0.3, 0.4) is 0 Å². The van der Waals surface area contributed by atoms with E-state index in [9.17, 15) is 18.4 Å². The highest BCUT2D eigenvalue weighted by atomic mass is 19.1. The number of nitrogens with zero attached hydrogens (tertiary/aromatic N) is 1. The van der Waals surface area contributed by atoms with Gasteiger partial charge in [-0.2, -0.15) is 0 Å². The van der Waals surface area contributed by atoms with Crippen LogP contribution in [0, 0.1) is 31.4 Å². The van der Waals surface area contributed by atoms with Crippen LogP contribution < -0.4 is 5.32 Å². The Labute approximate surface area is 157 Å². The predicted molar refractivity (Wildman–Crippen MR) is 99.5 cm³/mol. The van der Waals surface area contributed by atoms with Crippen LogP contribution in [0.4, 0.5) is 14.5 Å². The first-order valence-electron chi connectivity index (χ1n) is 8.97. The quantitative estimate of drug-likeness (QED) is 0.883. The second kappa shape index (κ2) is 7.86. The van der Waals surface area contributed by atoms with Crippen molar-refractivity contribution in [2.45, 2.75) is 26.7 Å². The molecule has 2 aromatic rings. The van der Waals surface area contributed by atoms with Crippen LogP contribution in [-0.4, -0.2) is 29.8 Å². The number of carbonyl (C=O) groups is 2. The van der Waals surface area contributed by atoms with Crippen LogP contribution in [0.5, 0.6) is 0 Å². The fourth-order valence-corrected chi connectivity index (χ4v) is 3.48. The molecule has 1 atom stereocenters. The normalized spacial score (nSPS) is 16.9. The molecule has 1 saturated heterocycles. The number of carbonyl (C=O) groups excluding carboxylic acids is 2. The van der Waals surface area contributed by atoms with E-state index in [1.54, 1.807) is 4.90 Å². The molecular formula is C21H22F2N2O2. The molecule has 4 nitrogen and oxygen atoms in total. The summed E-state index contributed by atoms with van der Waals surface area (Å²) in [5, 5.41) is 2.45. The highest BCUT2D eigenvalue weighted by molar-refractivity contribution is 5.96. The standard InChI is InChI=1S/C21H22F2N2O2/c1-13-8-14(2)10-16(9-13)21(27)25-7-3-4-15(12-25)20(26)24-19-11-17(22)5-6-18(19)23/h5-6,8-11,15H,3-4,7,12H2,1-2H3,(H,24,26)/t15-/m0/s1. The Morgan fingerprint density at radius 2 is 1.78 bits per heavy atom. The van der Waals surface area contributed by atoms with Crippen LogP contribution in [-0.2, 0) is 4.79 Å². The Bertz CT molecular complexity index is 862. The van der Waals surface area contributed by atoms with Crippen LogP contribution in [0.25, 0.3) is 0 Å². The van der Waals surface area contributed by atoms with E-state index in [4.69, 9.17) is 0 Å². The molecule has 1 aliphatic heterocycles. The Balaban J connectivity index is 1.70. The van der Waals surface area contributed by atoms with Crippen LogP contribution in [0.1, 0.15) is 34.3 Å². The van der Waals surface area contributed by atoms with Crippen molar-refractivity contribution >= 4 is 17.5 Å². The molecule has 0 bridgehead atoms. The smallest absolute Gasteiger partial charge is 0.253 e. The van der Waals surface area contributed by atoms with Crippen molar-refractivity contribution in [2.24, 2.45) is 5.92 Å². The van der Waals surface area contributed by atoms with Gasteiger partial charge in [0, 0.05) is 24.7 Å². The molecule has 0 saturated carbocycles. The summed E-state index contributed by atoms with van der Waals surface area (Å²) in [5.41, 5.74) is 2.43. The third-order valence-electron chi connectivity index (χ3n) is 4.73. The third-order valence-corrected chi connectivity index (χ3v) is 4.73. The third kappa shape index (κ3) is 4.51. The van der Waals surface area contributed by atoms with E-state index in [-0.39, 0.29) is 18.1 Å².